The lowest BCUT2D eigenvalue weighted by atomic mass is 10.1. The van der Waals surface area contributed by atoms with Gasteiger partial charge in [-0.1, -0.05) is 0 Å². The van der Waals surface area contributed by atoms with Crippen LogP contribution in [-0.2, 0) is 14.3 Å². The van der Waals surface area contributed by atoms with Gasteiger partial charge in [0.25, 0.3) is 0 Å². The molecule has 1 heterocycles. The van der Waals surface area contributed by atoms with Crippen molar-refractivity contribution in [3.05, 3.63) is 35.2 Å². The molecule has 5 heteroatoms. The van der Waals surface area contributed by atoms with Gasteiger partial charge >= 0.3 is 5.97 Å². The Morgan fingerprint density at radius 2 is 2.20 bits per heavy atom. The zero-order valence-corrected chi connectivity index (χ0v) is 11.3. The van der Waals surface area contributed by atoms with Gasteiger partial charge in [0.15, 0.2) is 5.78 Å². The summed E-state index contributed by atoms with van der Waals surface area (Å²) in [7, 11) is 0. The summed E-state index contributed by atoms with van der Waals surface area (Å²) in [6.45, 7) is 2.20. The van der Waals surface area contributed by atoms with Crippen LogP contribution < -0.4 is 0 Å². The minimum Gasteiger partial charge on any atom is -0.478 e. The Morgan fingerprint density at radius 1 is 1.45 bits per heavy atom. The summed E-state index contributed by atoms with van der Waals surface area (Å²) < 4.78 is 5.24. The Bertz CT molecular complexity index is 547. The Morgan fingerprint density at radius 3 is 2.80 bits per heavy atom. The first kappa shape index (κ1) is 14.4. The number of carboxylic acids is 1. The molecule has 0 bridgehead atoms. The molecular weight excluding hydrogens is 258 g/mol. The number of carboxylic acid groups (broad SMARTS) is 1. The quantitative estimate of drug-likeness (QED) is 0.467. The van der Waals surface area contributed by atoms with E-state index in [1.165, 1.54) is 12.3 Å². The fraction of sp³-hybridized carbons (Fsp3) is 0.400. The van der Waals surface area contributed by atoms with E-state index in [4.69, 9.17) is 9.84 Å². The maximum atomic E-state index is 11.9. The summed E-state index contributed by atoms with van der Waals surface area (Å²) >= 11 is 0. The molecule has 106 valence electrons. The SMILES string of the molecule is Cc1cncc(C=C(C(=O)O)C(=O)COCC2CC2)c1. The second-order valence-electron chi connectivity index (χ2n) is 5.04. The zero-order valence-electron chi connectivity index (χ0n) is 11.3. The molecule has 0 aromatic carbocycles. The van der Waals surface area contributed by atoms with E-state index >= 15 is 0 Å². The molecule has 20 heavy (non-hydrogen) atoms. The molecule has 0 radical (unpaired) electrons. The number of aliphatic carboxylic acids is 1. The number of carbonyl (C=O) groups is 2. The van der Waals surface area contributed by atoms with E-state index < -0.39 is 11.8 Å². The van der Waals surface area contributed by atoms with Crippen molar-refractivity contribution in [2.45, 2.75) is 19.8 Å². The molecule has 0 saturated heterocycles. The molecule has 1 N–H and O–H groups in total. The predicted octanol–water partition coefficient (Wildman–Crippen LogP) is 1.85. The molecule has 0 amide bonds. The summed E-state index contributed by atoms with van der Waals surface area (Å²) in [4.78, 5) is 27.0. The molecular formula is C15H17NO4. The van der Waals surface area contributed by atoms with E-state index in [2.05, 4.69) is 4.98 Å². The van der Waals surface area contributed by atoms with E-state index in [1.54, 1.807) is 12.3 Å². The highest BCUT2D eigenvalue weighted by atomic mass is 16.5. The Kier molecular flexibility index (Phi) is 4.63. The van der Waals surface area contributed by atoms with Crippen molar-refractivity contribution in [2.24, 2.45) is 5.92 Å². The first-order valence-corrected chi connectivity index (χ1v) is 6.54. The van der Waals surface area contributed by atoms with Crippen LogP contribution in [-0.4, -0.2) is 35.1 Å². The van der Waals surface area contributed by atoms with Crippen LogP contribution in [0.3, 0.4) is 0 Å². The number of nitrogens with zero attached hydrogens (tertiary/aromatic N) is 1. The normalized spacial score (nSPS) is 15.2. The fourth-order valence-electron chi connectivity index (χ4n) is 1.77. The monoisotopic (exact) mass is 275 g/mol. The summed E-state index contributed by atoms with van der Waals surface area (Å²) in [6.07, 6.45) is 6.79. The lowest BCUT2D eigenvalue weighted by Gasteiger charge is -2.04. The molecule has 0 unspecified atom stereocenters. The van der Waals surface area contributed by atoms with Crippen LogP contribution >= 0.6 is 0 Å². The third-order valence-corrected chi connectivity index (χ3v) is 3.02. The van der Waals surface area contributed by atoms with E-state index in [0.29, 0.717) is 18.1 Å². The number of hydrogen-bond donors (Lipinski definition) is 1. The van der Waals surface area contributed by atoms with Crippen LogP contribution in [0, 0.1) is 12.8 Å². The number of pyridine rings is 1. The minimum atomic E-state index is -1.24. The average Bonchev–Trinajstić information content (AvgIpc) is 3.19. The Labute approximate surface area is 117 Å². The maximum Gasteiger partial charge on any atom is 0.339 e. The number of aromatic nitrogens is 1. The second kappa shape index (κ2) is 6.43. The Balaban J connectivity index is 2.04. The lowest BCUT2D eigenvalue weighted by molar-refractivity contribution is -0.135. The van der Waals surface area contributed by atoms with Gasteiger partial charge in [0.2, 0.25) is 0 Å². The van der Waals surface area contributed by atoms with Gasteiger partial charge in [-0.25, -0.2) is 4.79 Å². The van der Waals surface area contributed by atoms with Gasteiger partial charge in [0.05, 0.1) is 6.61 Å². The minimum absolute atomic E-state index is 0.187. The molecule has 5 nitrogen and oxygen atoms in total. The molecule has 1 aromatic rings. The number of aryl methyl sites for hydroxylation is 1. The molecule has 1 aliphatic carbocycles. The van der Waals surface area contributed by atoms with E-state index in [-0.39, 0.29) is 12.2 Å². The van der Waals surface area contributed by atoms with Crippen molar-refractivity contribution in [3.63, 3.8) is 0 Å². The third-order valence-electron chi connectivity index (χ3n) is 3.02. The first-order chi connectivity index (χ1) is 9.56. The smallest absolute Gasteiger partial charge is 0.339 e. The van der Waals surface area contributed by atoms with Crippen LogP contribution in [0.4, 0.5) is 0 Å². The van der Waals surface area contributed by atoms with Crippen molar-refractivity contribution < 1.29 is 19.4 Å². The number of ether oxygens (including phenoxy) is 1. The Hall–Kier alpha value is -2.01. The van der Waals surface area contributed by atoms with Gasteiger partial charge in [0, 0.05) is 12.4 Å². The summed E-state index contributed by atoms with van der Waals surface area (Å²) in [5.41, 5.74) is 1.23. The van der Waals surface area contributed by atoms with Crippen LogP contribution in [0.2, 0.25) is 0 Å². The van der Waals surface area contributed by atoms with Gasteiger partial charge in [0.1, 0.15) is 12.2 Å². The third kappa shape index (κ3) is 4.28. The topological polar surface area (TPSA) is 76.5 Å². The van der Waals surface area contributed by atoms with Gasteiger partial charge in [-0.15, -0.1) is 0 Å². The molecule has 1 aliphatic rings. The van der Waals surface area contributed by atoms with E-state index in [0.717, 1.165) is 18.4 Å². The highest BCUT2D eigenvalue weighted by Gasteiger charge is 2.23. The standard InChI is InChI=1S/C15H17NO4/c1-10-4-12(7-16-6-10)5-13(15(18)19)14(17)9-20-8-11-2-3-11/h4-7,11H,2-3,8-9H2,1H3,(H,18,19). The van der Waals surface area contributed by atoms with Crippen molar-refractivity contribution >= 4 is 17.8 Å². The van der Waals surface area contributed by atoms with Gasteiger partial charge in [-0.05, 0) is 49.0 Å². The van der Waals surface area contributed by atoms with Crippen molar-refractivity contribution in [1.29, 1.82) is 0 Å². The second-order valence-corrected chi connectivity index (χ2v) is 5.04. The van der Waals surface area contributed by atoms with Gasteiger partial charge < -0.3 is 9.84 Å². The molecule has 1 aromatic heterocycles. The van der Waals surface area contributed by atoms with Crippen LogP contribution in [0.25, 0.3) is 6.08 Å². The molecule has 0 aliphatic heterocycles. The lowest BCUT2D eigenvalue weighted by Crippen LogP contribution is -2.18. The maximum absolute atomic E-state index is 11.9. The zero-order chi connectivity index (χ0) is 14.5. The van der Waals surface area contributed by atoms with Gasteiger partial charge in [-0.3, -0.25) is 9.78 Å². The summed E-state index contributed by atoms with van der Waals surface area (Å²) in [5.74, 6) is -1.22. The fourth-order valence-corrected chi connectivity index (χ4v) is 1.77. The highest BCUT2D eigenvalue weighted by molar-refractivity contribution is 6.20. The molecule has 1 saturated carbocycles. The molecule has 0 atom stereocenters. The first-order valence-electron chi connectivity index (χ1n) is 6.54. The average molecular weight is 275 g/mol. The number of hydrogen-bond acceptors (Lipinski definition) is 4. The van der Waals surface area contributed by atoms with Crippen LogP contribution in [0.15, 0.2) is 24.0 Å². The number of Topliss-reactive ketones (excluding diaryl/α,β-unsaturated/α-hetero) is 1. The van der Waals surface area contributed by atoms with Crippen molar-refractivity contribution in [1.82, 2.24) is 4.98 Å². The predicted molar refractivity (Wildman–Crippen MR) is 73.1 cm³/mol. The highest BCUT2D eigenvalue weighted by Crippen LogP contribution is 2.28. The van der Waals surface area contributed by atoms with E-state index in [1.807, 2.05) is 6.92 Å². The van der Waals surface area contributed by atoms with Crippen molar-refractivity contribution in [3.8, 4) is 0 Å². The van der Waals surface area contributed by atoms with Gasteiger partial charge in [-0.2, -0.15) is 0 Å². The molecule has 0 spiro atoms. The van der Waals surface area contributed by atoms with Crippen molar-refractivity contribution in [2.75, 3.05) is 13.2 Å². The van der Waals surface area contributed by atoms with Crippen LogP contribution in [0.1, 0.15) is 24.0 Å². The summed E-state index contributed by atoms with van der Waals surface area (Å²) in [6, 6.07) is 1.77. The van der Waals surface area contributed by atoms with Crippen LogP contribution in [0.5, 0.6) is 0 Å². The number of rotatable bonds is 7. The molecule has 2 rings (SSSR count). The largest absolute Gasteiger partial charge is 0.478 e. The number of carbonyl (C=O) groups excluding carboxylic acids is 1. The van der Waals surface area contributed by atoms with E-state index in [9.17, 15) is 9.59 Å². The summed E-state index contributed by atoms with van der Waals surface area (Å²) in [5, 5.41) is 9.13. The number of ketones is 1. The molecule has 1 fully saturated rings.